The van der Waals surface area contributed by atoms with E-state index in [0.717, 1.165) is 82.3 Å². The molecule has 0 aliphatic heterocycles. The summed E-state index contributed by atoms with van der Waals surface area (Å²) in [6.07, 6.45) is 0. The summed E-state index contributed by atoms with van der Waals surface area (Å²) in [7, 11) is 0. The maximum absolute atomic E-state index is 6.34. The zero-order valence-corrected chi connectivity index (χ0v) is 27.7. The van der Waals surface area contributed by atoms with E-state index in [-0.39, 0.29) is 0 Å². The van der Waals surface area contributed by atoms with Crippen molar-refractivity contribution in [1.82, 2.24) is 15.0 Å². The summed E-state index contributed by atoms with van der Waals surface area (Å²) in [6, 6.07) is 56.4. The summed E-state index contributed by atoms with van der Waals surface area (Å²) in [4.78, 5) is 15.5. The van der Waals surface area contributed by atoms with Gasteiger partial charge >= 0.3 is 0 Å². The molecule has 0 fully saturated rings. The van der Waals surface area contributed by atoms with Crippen LogP contribution in [0.2, 0.25) is 0 Å². The van der Waals surface area contributed by atoms with E-state index in [1.807, 2.05) is 48.5 Å². The summed E-state index contributed by atoms with van der Waals surface area (Å²) < 4.78 is 12.6. The van der Waals surface area contributed by atoms with Crippen molar-refractivity contribution in [3.8, 4) is 45.3 Å². The first-order valence-electron chi connectivity index (χ1n) is 17.3. The molecule has 0 N–H and O–H groups in total. The molecule has 0 amide bonds. The van der Waals surface area contributed by atoms with Gasteiger partial charge in [-0.05, 0) is 81.2 Å². The highest BCUT2D eigenvalue weighted by molar-refractivity contribution is 6.19. The molecule has 52 heavy (non-hydrogen) atoms. The lowest BCUT2D eigenvalue weighted by molar-refractivity contribution is 0.668. The highest BCUT2D eigenvalue weighted by atomic mass is 16.3. The van der Waals surface area contributed by atoms with Gasteiger partial charge in [0.2, 0.25) is 0 Å². The van der Waals surface area contributed by atoms with Crippen LogP contribution >= 0.6 is 0 Å². The summed E-state index contributed by atoms with van der Waals surface area (Å²) in [5.41, 5.74) is 8.31. The molecule has 242 valence electrons. The number of hydrogen-bond acceptors (Lipinski definition) is 5. The molecule has 0 unspecified atom stereocenters. The number of furan rings is 2. The molecular formula is C47H27N3O2. The Balaban J connectivity index is 1.15. The van der Waals surface area contributed by atoms with E-state index < -0.39 is 0 Å². The molecule has 0 radical (unpaired) electrons. The Morgan fingerprint density at radius 3 is 1.77 bits per heavy atom. The second-order valence-electron chi connectivity index (χ2n) is 13.2. The van der Waals surface area contributed by atoms with Crippen molar-refractivity contribution in [2.75, 3.05) is 0 Å². The van der Waals surface area contributed by atoms with Gasteiger partial charge in [-0.2, -0.15) is 0 Å². The van der Waals surface area contributed by atoms with E-state index >= 15 is 0 Å². The fourth-order valence-electron chi connectivity index (χ4n) is 7.60. The first kappa shape index (κ1) is 28.7. The zero-order chi connectivity index (χ0) is 34.2. The van der Waals surface area contributed by atoms with Crippen LogP contribution < -0.4 is 0 Å². The van der Waals surface area contributed by atoms with Crippen molar-refractivity contribution < 1.29 is 8.83 Å². The second-order valence-corrected chi connectivity index (χ2v) is 13.2. The molecule has 0 aliphatic carbocycles. The summed E-state index contributed by atoms with van der Waals surface area (Å²) in [5.74, 6) is 1.76. The third-order valence-electron chi connectivity index (χ3n) is 10.1. The van der Waals surface area contributed by atoms with E-state index in [1.165, 1.54) is 10.9 Å². The van der Waals surface area contributed by atoms with E-state index in [0.29, 0.717) is 17.5 Å². The fraction of sp³-hybridized carbons (Fsp3) is 0. The second kappa shape index (κ2) is 11.2. The Morgan fingerprint density at radius 1 is 0.308 bits per heavy atom. The molecule has 0 saturated carbocycles. The van der Waals surface area contributed by atoms with Gasteiger partial charge in [0, 0.05) is 38.2 Å². The average molecular weight is 666 g/mol. The molecule has 5 heteroatoms. The van der Waals surface area contributed by atoms with Gasteiger partial charge in [0.1, 0.15) is 22.3 Å². The standard InChI is InChI=1S/C47H27N3O2/c1-2-9-28(10-3-1)31-19-17-29-18-20-32(26-34(29)25-31)45-48-46(50-47(49-45)37-14-8-16-41-44(37)36-13-6-7-15-39(36)51-41)33-22-23-40-38(27-33)43-35-12-5-4-11-30(35)21-24-42(43)52-40/h1-27H. The molecular weight excluding hydrogens is 639 g/mol. The van der Waals surface area contributed by atoms with Gasteiger partial charge in [0.05, 0.1) is 0 Å². The fourth-order valence-corrected chi connectivity index (χ4v) is 7.60. The van der Waals surface area contributed by atoms with Gasteiger partial charge in [-0.3, -0.25) is 0 Å². The minimum atomic E-state index is 0.581. The van der Waals surface area contributed by atoms with Crippen LogP contribution in [0.5, 0.6) is 0 Å². The van der Waals surface area contributed by atoms with E-state index in [2.05, 4.69) is 115 Å². The monoisotopic (exact) mass is 665 g/mol. The largest absolute Gasteiger partial charge is 0.456 e. The maximum Gasteiger partial charge on any atom is 0.164 e. The van der Waals surface area contributed by atoms with Gasteiger partial charge in [-0.1, -0.05) is 115 Å². The SMILES string of the molecule is c1ccc(-c2ccc3ccc(-c4nc(-c5ccc6oc7ccc8ccccc8c7c6c5)nc(-c5cccc6oc7ccccc7c56)n4)cc3c2)cc1. The van der Waals surface area contributed by atoms with Gasteiger partial charge in [0.15, 0.2) is 17.5 Å². The maximum atomic E-state index is 6.34. The molecule has 3 heterocycles. The predicted octanol–water partition coefficient (Wildman–Crippen LogP) is 12.6. The lowest BCUT2D eigenvalue weighted by Gasteiger charge is -2.10. The Bertz CT molecular complexity index is 3190. The molecule has 0 aliphatic rings. The molecule has 0 saturated heterocycles. The van der Waals surface area contributed by atoms with Crippen LogP contribution in [0, 0.1) is 0 Å². The number of rotatable bonds is 4. The molecule has 0 atom stereocenters. The van der Waals surface area contributed by atoms with Crippen molar-refractivity contribution in [3.63, 3.8) is 0 Å². The molecule has 11 rings (SSSR count). The number of para-hydroxylation sites is 1. The van der Waals surface area contributed by atoms with Crippen molar-refractivity contribution in [2.24, 2.45) is 0 Å². The summed E-state index contributed by atoms with van der Waals surface area (Å²) >= 11 is 0. The van der Waals surface area contributed by atoms with Crippen LogP contribution in [-0.2, 0) is 0 Å². The van der Waals surface area contributed by atoms with Gasteiger partial charge in [-0.25, -0.2) is 15.0 Å². The Morgan fingerprint density at radius 2 is 0.904 bits per heavy atom. The predicted molar refractivity (Wildman–Crippen MR) is 211 cm³/mol. The topological polar surface area (TPSA) is 65.0 Å². The van der Waals surface area contributed by atoms with Gasteiger partial charge in [-0.15, -0.1) is 0 Å². The third-order valence-corrected chi connectivity index (χ3v) is 10.1. The van der Waals surface area contributed by atoms with Crippen LogP contribution in [-0.4, -0.2) is 15.0 Å². The zero-order valence-electron chi connectivity index (χ0n) is 27.7. The smallest absolute Gasteiger partial charge is 0.164 e. The van der Waals surface area contributed by atoms with Crippen LogP contribution in [0.3, 0.4) is 0 Å². The van der Waals surface area contributed by atoms with Crippen LogP contribution in [0.4, 0.5) is 0 Å². The average Bonchev–Trinajstić information content (AvgIpc) is 3.79. The van der Waals surface area contributed by atoms with E-state index in [4.69, 9.17) is 23.8 Å². The Labute approximate surface area is 297 Å². The first-order valence-corrected chi connectivity index (χ1v) is 17.3. The van der Waals surface area contributed by atoms with Crippen molar-refractivity contribution >= 4 is 65.4 Å². The number of benzene rings is 8. The highest BCUT2D eigenvalue weighted by Gasteiger charge is 2.19. The molecule has 5 nitrogen and oxygen atoms in total. The third kappa shape index (κ3) is 4.53. The number of aromatic nitrogens is 3. The number of hydrogen-bond donors (Lipinski definition) is 0. The number of nitrogens with zero attached hydrogens (tertiary/aromatic N) is 3. The molecule has 11 aromatic rings. The quantitative estimate of drug-likeness (QED) is 0.187. The minimum absolute atomic E-state index is 0.581. The van der Waals surface area contributed by atoms with Crippen LogP contribution in [0.25, 0.3) is 111 Å². The number of fused-ring (bicyclic) bond motifs is 9. The molecule has 0 bridgehead atoms. The van der Waals surface area contributed by atoms with E-state index in [1.54, 1.807) is 0 Å². The van der Waals surface area contributed by atoms with Crippen LogP contribution in [0.15, 0.2) is 173 Å². The first-order chi connectivity index (χ1) is 25.7. The van der Waals surface area contributed by atoms with Crippen molar-refractivity contribution in [3.05, 3.63) is 164 Å². The highest BCUT2D eigenvalue weighted by Crippen LogP contribution is 2.39. The van der Waals surface area contributed by atoms with Crippen molar-refractivity contribution in [2.45, 2.75) is 0 Å². The normalized spacial score (nSPS) is 11.8. The minimum Gasteiger partial charge on any atom is -0.456 e. The van der Waals surface area contributed by atoms with Gasteiger partial charge in [0.25, 0.3) is 0 Å². The summed E-state index contributed by atoms with van der Waals surface area (Å²) in [6.45, 7) is 0. The van der Waals surface area contributed by atoms with E-state index in [9.17, 15) is 0 Å². The Kier molecular flexibility index (Phi) is 6.18. The van der Waals surface area contributed by atoms with Crippen LogP contribution in [0.1, 0.15) is 0 Å². The Hall–Kier alpha value is -7.11. The lowest BCUT2D eigenvalue weighted by atomic mass is 9.99. The van der Waals surface area contributed by atoms with Crippen molar-refractivity contribution in [1.29, 1.82) is 0 Å². The molecule has 3 aromatic heterocycles. The lowest BCUT2D eigenvalue weighted by Crippen LogP contribution is -2.00. The van der Waals surface area contributed by atoms with Gasteiger partial charge < -0.3 is 8.83 Å². The molecule has 8 aromatic carbocycles. The molecule has 0 spiro atoms. The summed E-state index contributed by atoms with van der Waals surface area (Å²) in [5, 5.41) is 8.69.